The fourth-order valence-corrected chi connectivity index (χ4v) is 4.05. The van der Waals surface area contributed by atoms with E-state index in [4.69, 9.17) is 0 Å². The SMILES string of the molecule is O=[N+]([O-])c1cc([N+](=O)[O-])c(-n2nnc3cc4nnn(-c5c([N+](=O)[O-])cc([N+](=O)[O-])cc5[N+](=O)[O-])c4cc32)c([N+](=O)[O-])c1. The van der Waals surface area contributed by atoms with Gasteiger partial charge in [0, 0.05) is 0 Å². The molecule has 0 radical (unpaired) electrons. The first kappa shape index (κ1) is 26.5. The minimum absolute atomic E-state index is 0.107. The highest BCUT2D eigenvalue weighted by Crippen LogP contribution is 2.40. The molecule has 5 aromatic rings. The predicted octanol–water partition coefficient (Wildman–Crippen LogP) is 2.60. The molecule has 0 saturated carbocycles. The molecule has 24 heteroatoms. The molecule has 0 spiro atoms. The molecular formula is C18H6N12O12. The van der Waals surface area contributed by atoms with Gasteiger partial charge in [0.25, 0.3) is 11.4 Å². The quantitative estimate of drug-likeness (QED) is 0.187. The number of aromatic nitrogens is 6. The molecule has 0 unspecified atom stereocenters. The molecule has 0 atom stereocenters. The van der Waals surface area contributed by atoms with Crippen LogP contribution >= 0.6 is 0 Å². The first-order valence-corrected chi connectivity index (χ1v) is 10.6. The Hall–Kier alpha value is -7.14. The van der Waals surface area contributed by atoms with Crippen molar-refractivity contribution in [3.05, 3.63) is 97.1 Å². The van der Waals surface area contributed by atoms with E-state index in [1.807, 2.05) is 0 Å². The molecule has 42 heavy (non-hydrogen) atoms. The molecule has 0 N–H and O–H groups in total. The summed E-state index contributed by atoms with van der Waals surface area (Å²) in [5.41, 5.74) is -8.75. The average molecular weight is 582 g/mol. The van der Waals surface area contributed by atoms with Gasteiger partial charge >= 0.3 is 22.7 Å². The second-order valence-electron chi connectivity index (χ2n) is 8.04. The Morgan fingerprint density at radius 3 is 1.02 bits per heavy atom. The van der Waals surface area contributed by atoms with Crippen LogP contribution in [0.1, 0.15) is 0 Å². The summed E-state index contributed by atoms with van der Waals surface area (Å²) in [6, 6.07) is 4.03. The van der Waals surface area contributed by atoms with Gasteiger partial charge in [0.2, 0.25) is 11.4 Å². The Morgan fingerprint density at radius 2 is 0.762 bits per heavy atom. The zero-order valence-electron chi connectivity index (χ0n) is 19.7. The molecular weight excluding hydrogens is 576 g/mol. The van der Waals surface area contributed by atoms with E-state index in [2.05, 4.69) is 20.6 Å². The first-order chi connectivity index (χ1) is 19.8. The van der Waals surface area contributed by atoms with Gasteiger partial charge in [-0.2, -0.15) is 9.36 Å². The van der Waals surface area contributed by atoms with Crippen molar-refractivity contribution in [3.8, 4) is 11.4 Å². The number of fused-ring (bicyclic) bond motifs is 2. The number of hydrogen-bond acceptors (Lipinski definition) is 16. The Morgan fingerprint density at radius 1 is 0.452 bits per heavy atom. The summed E-state index contributed by atoms with van der Waals surface area (Å²) in [6.45, 7) is 0. The monoisotopic (exact) mass is 582 g/mol. The van der Waals surface area contributed by atoms with Crippen molar-refractivity contribution in [2.75, 3.05) is 0 Å². The molecule has 0 aliphatic carbocycles. The zero-order chi connectivity index (χ0) is 30.6. The van der Waals surface area contributed by atoms with Crippen LogP contribution in [-0.4, -0.2) is 59.5 Å². The number of nitro groups is 6. The van der Waals surface area contributed by atoms with Crippen LogP contribution < -0.4 is 0 Å². The lowest BCUT2D eigenvalue weighted by Crippen LogP contribution is -2.08. The second-order valence-corrected chi connectivity index (χ2v) is 8.04. The third-order valence-corrected chi connectivity index (χ3v) is 5.75. The van der Waals surface area contributed by atoms with Crippen LogP contribution in [0.2, 0.25) is 0 Å². The van der Waals surface area contributed by atoms with Crippen molar-refractivity contribution >= 4 is 56.2 Å². The van der Waals surface area contributed by atoms with Gasteiger partial charge in [0.05, 0.1) is 64.8 Å². The fourth-order valence-electron chi connectivity index (χ4n) is 4.05. The predicted molar refractivity (Wildman–Crippen MR) is 131 cm³/mol. The van der Waals surface area contributed by atoms with Crippen molar-refractivity contribution in [2.45, 2.75) is 0 Å². The molecule has 0 bridgehead atoms. The van der Waals surface area contributed by atoms with Gasteiger partial charge in [-0.25, -0.2) is 0 Å². The number of nitro benzene ring substituents is 6. The number of rotatable bonds is 8. The number of non-ortho nitro benzene ring substituents is 2. The first-order valence-electron chi connectivity index (χ1n) is 10.6. The average Bonchev–Trinajstić information content (AvgIpc) is 3.53. The summed E-state index contributed by atoms with van der Waals surface area (Å²) in [5, 5.41) is 84.6. The molecule has 0 amide bonds. The molecule has 210 valence electrons. The van der Waals surface area contributed by atoms with Crippen molar-refractivity contribution in [2.24, 2.45) is 0 Å². The van der Waals surface area contributed by atoms with Crippen LogP contribution in [0.4, 0.5) is 34.1 Å². The van der Waals surface area contributed by atoms with Crippen LogP contribution in [0.25, 0.3) is 33.4 Å². The van der Waals surface area contributed by atoms with E-state index in [-0.39, 0.29) is 22.1 Å². The summed E-state index contributed by atoms with van der Waals surface area (Å²) >= 11 is 0. The van der Waals surface area contributed by atoms with Crippen molar-refractivity contribution in [3.63, 3.8) is 0 Å². The van der Waals surface area contributed by atoms with Gasteiger partial charge < -0.3 is 0 Å². The van der Waals surface area contributed by atoms with Gasteiger partial charge in [0.1, 0.15) is 11.0 Å². The molecule has 24 nitrogen and oxygen atoms in total. The fraction of sp³-hybridized carbons (Fsp3) is 0. The molecule has 0 saturated heterocycles. The highest BCUT2D eigenvalue weighted by atomic mass is 16.6. The smallest absolute Gasteiger partial charge is 0.258 e. The number of benzene rings is 3. The van der Waals surface area contributed by atoms with Crippen LogP contribution in [0.3, 0.4) is 0 Å². The van der Waals surface area contributed by atoms with Crippen molar-refractivity contribution in [1.29, 1.82) is 0 Å². The molecule has 0 aliphatic rings. The Balaban J connectivity index is 1.87. The maximum absolute atomic E-state index is 11.8. The molecule has 2 aromatic heterocycles. The van der Waals surface area contributed by atoms with E-state index >= 15 is 0 Å². The molecule has 5 rings (SSSR count). The van der Waals surface area contributed by atoms with Gasteiger partial charge in [0.15, 0.2) is 0 Å². The van der Waals surface area contributed by atoms with Gasteiger partial charge in [-0.1, -0.05) is 10.4 Å². The Bertz CT molecular complexity index is 1870. The van der Waals surface area contributed by atoms with E-state index < -0.39 is 75.0 Å². The van der Waals surface area contributed by atoms with E-state index in [1.165, 1.54) is 0 Å². The topological polar surface area (TPSA) is 320 Å². The maximum Gasteiger partial charge on any atom is 0.308 e. The summed E-state index contributed by atoms with van der Waals surface area (Å²) in [4.78, 5) is 63.0. The Labute approximate surface area is 224 Å². The van der Waals surface area contributed by atoms with Crippen LogP contribution in [0.5, 0.6) is 0 Å². The highest BCUT2D eigenvalue weighted by Gasteiger charge is 2.36. The maximum atomic E-state index is 11.8. The van der Waals surface area contributed by atoms with Gasteiger partial charge in [-0.15, -0.1) is 10.2 Å². The van der Waals surface area contributed by atoms with E-state index in [0.717, 1.165) is 12.1 Å². The summed E-state index contributed by atoms with van der Waals surface area (Å²) in [7, 11) is 0. The van der Waals surface area contributed by atoms with Crippen molar-refractivity contribution < 1.29 is 29.5 Å². The molecule has 0 fully saturated rings. The molecule has 2 heterocycles. The lowest BCUT2D eigenvalue weighted by Gasteiger charge is -2.07. The van der Waals surface area contributed by atoms with E-state index in [0.29, 0.717) is 33.6 Å². The highest BCUT2D eigenvalue weighted by molar-refractivity contribution is 5.93. The van der Waals surface area contributed by atoms with Crippen LogP contribution in [0, 0.1) is 60.7 Å². The molecule has 3 aromatic carbocycles. The number of nitrogens with zero attached hydrogens (tertiary/aromatic N) is 12. The third-order valence-electron chi connectivity index (χ3n) is 5.75. The zero-order valence-corrected chi connectivity index (χ0v) is 19.7. The van der Waals surface area contributed by atoms with Crippen LogP contribution in [-0.2, 0) is 0 Å². The van der Waals surface area contributed by atoms with Gasteiger partial charge in [-0.05, 0) is 12.1 Å². The minimum Gasteiger partial charge on any atom is -0.258 e. The van der Waals surface area contributed by atoms with Crippen molar-refractivity contribution in [1.82, 2.24) is 30.0 Å². The standard InChI is InChI=1S/C18H6N12O12/c31-25(32)7-1-13(27(35)36)17(14(2-7)28(37)38)23-11-6-12-10(5-9(11)19-21-23)20-22-24(12)18-15(29(39)40)3-8(26(33)34)4-16(18)30(41)42/h1-6H. The largest absolute Gasteiger partial charge is 0.308 e. The minimum atomic E-state index is -1.13. The third kappa shape index (κ3) is 4.04. The second kappa shape index (κ2) is 9.25. The van der Waals surface area contributed by atoms with E-state index in [9.17, 15) is 60.7 Å². The van der Waals surface area contributed by atoms with Crippen LogP contribution in [0.15, 0.2) is 36.4 Å². The summed E-state index contributed by atoms with van der Waals surface area (Å²) in [6.07, 6.45) is 0. The normalized spacial score (nSPS) is 11.0. The molecule has 0 aliphatic heterocycles. The number of hydrogen-bond donors (Lipinski definition) is 0. The summed E-state index contributed by atoms with van der Waals surface area (Å²) < 4.78 is 1.20. The van der Waals surface area contributed by atoms with Gasteiger partial charge in [-0.3, -0.25) is 60.7 Å². The summed E-state index contributed by atoms with van der Waals surface area (Å²) in [5.74, 6) is 0. The lowest BCUT2D eigenvalue weighted by molar-refractivity contribution is -0.403. The Kier molecular flexibility index (Phi) is 5.83. The van der Waals surface area contributed by atoms with E-state index in [1.54, 1.807) is 0 Å². The lowest BCUT2D eigenvalue weighted by atomic mass is 10.2.